The smallest absolute Gasteiger partial charge is 0.332 e. The molecule has 0 aromatic rings. The summed E-state index contributed by atoms with van der Waals surface area (Å²) in [5, 5.41) is 19.2. The molecule has 114 valence electrons. The Hall–Kier alpha value is -1.83. The van der Waals surface area contributed by atoms with Crippen molar-refractivity contribution in [1.29, 1.82) is 0 Å². The Morgan fingerprint density at radius 2 is 1.55 bits per heavy atom. The van der Waals surface area contributed by atoms with Crippen molar-refractivity contribution in [3.8, 4) is 0 Å². The van der Waals surface area contributed by atoms with Gasteiger partial charge in [0.1, 0.15) is 13.1 Å². The summed E-state index contributed by atoms with van der Waals surface area (Å²) in [7, 11) is 0. The SMILES string of the molecule is CC1CCCC(C)N1NC(=O)N(CC(=O)O)CC(=O)O. The molecule has 8 heteroatoms. The normalized spacial score (nSPS) is 23.1. The van der Waals surface area contributed by atoms with Gasteiger partial charge >= 0.3 is 18.0 Å². The molecule has 0 bridgehead atoms. The van der Waals surface area contributed by atoms with Gasteiger partial charge in [0.15, 0.2) is 0 Å². The van der Waals surface area contributed by atoms with Gasteiger partial charge in [0, 0.05) is 12.1 Å². The van der Waals surface area contributed by atoms with Gasteiger partial charge in [-0.25, -0.2) is 9.80 Å². The highest BCUT2D eigenvalue weighted by atomic mass is 16.4. The molecule has 1 fully saturated rings. The summed E-state index contributed by atoms with van der Waals surface area (Å²) in [5.41, 5.74) is 2.62. The van der Waals surface area contributed by atoms with Crippen molar-refractivity contribution in [3.05, 3.63) is 0 Å². The van der Waals surface area contributed by atoms with Gasteiger partial charge in [-0.3, -0.25) is 15.0 Å². The summed E-state index contributed by atoms with van der Waals surface area (Å²) >= 11 is 0. The molecule has 1 aliphatic rings. The first-order chi connectivity index (χ1) is 9.31. The van der Waals surface area contributed by atoms with Crippen LogP contribution < -0.4 is 5.43 Å². The third kappa shape index (κ3) is 4.69. The van der Waals surface area contributed by atoms with Crippen LogP contribution in [0.2, 0.25) is 0 Å². The fraction of sp³-hybridized carbons (Fsp3) is 0.750. The predicted octanol–water partition coefficient (Wildman–Crippen LogP) is 0.345. The van der Waals surface area contributed by atoms with E-state index in [-0.39, 0.29) is 12.1 Å². The van der Waals surface area contributed by atoms with E-state index in [0.29, 0.717) is 0 Å². The van der Waals surface area contributed by atoms with Crippen molar-refractivity contribution in [2.45, 2.75) is 45.2 Å². The van der Waals surface area contributed by atoms with Crippen LogP contribution in [0.25, 0.3) is 0 Å². The summed E-state index contributed by atoms with van der Waals surface area (Å²) in [6, 6.07) is -0.422. The summed E-state index contributed by atoms with van der Waals surface area (Å²) in [4.78, 5) is 34.2. The number of nitrogens with zero attached hydrogens (tertiary/aromatic N) is 2. The molecule has 1 heterocycles. The van der Waals surface area contributed by atoms with Gasteiger partial charge in [-0.1, -0.05) is 6.42 Å². The van der Waals surface area contributed by atoms with E-state index in [1.807, 2.05) is 13.8 Å². The van der Waals surface area contributed by atoms with E-state index >= 15 is 0 Å². The van der Waals surface area contributed by atoms with Crippen LogP contribution in [0, 0.1) is 0 Å². The topological polar surface area (TPSA) is 110 Å². The second-order valence-corrected chi connectivity index (χ2v) is 5.10. The summed E-state index contributed by atoms with van der Waals surface area (Å²) in [6.07, 6.45) is 2.94. The van der Waals surface area contributed by atoms with Gasteiger partial charge in [0.05, 0.1) is 0 Å². The number of carbonyl (C=O) groups excluding carboxylic acids is 1. The molecule has 2 unspecified atom stereocenters. The molecule has 1 rings (SSSR count). The maximum Gasteiger partial charge on any atom is 0.332 e. The molecule has 0 saturated carbocycles. The molecule has 0 aromatic heterocycles. The number of piperidine rings is 1. The van der Waals surface area contributed by atoms with Crippen LogP contribution in [-0.2, 0) is 9.59 Å². The van der Waals surface area contributed by atoms with Gasteiger partial charge in [-0.15, -0.1) is 0 Å². The Morgan fingerprint density at radius 1 is 1.10 bits per heavy atom. The van der Waals surface area contributed by atoms with Gasteiger partial charge < -0.3 is 15.1 Å². The van der Waals surface area contributed by atoms with E-state index in [4.69, 9.17) is 10.2 Å². The molecule has 0 spiro atoms. The first-order valence-corrected chi connectivity index (χ1v) is 6.58. The van der Waals surface area contributed by atoms with E-state index in [1.165, 1.54) is 0 Å². The largest absolute Gasteiger partial charge is 0.480 e. The Morgan fingerprint density at radius 3 is 1.95 bits per heavy atom. The van der Waals surface area contributed by atoms with Crippen molar-refractivity contribution in [1.82, 2.24) is 15.3 Å². The molecule has 1 saturated heterocycles. The Kier molecular flexibility index (Phi) is 5.75. The van der Waals surface area contributed by atoms with Crippen LogP contribution in [0.15, 0.2) is 0 Å². The van der Waals surface area contributed by atoms with E-state index in [2.05, 4.69) is 5.43 Å². The average molecular weight is 287 g/mol. The standard InChI is InChI=1S/C12H21N3O5/c1-8-4-3-5-9(2)15(8)13-12(20)14(6-10(16)17)7-11(18)19/h8-9H,3-7H2,1-2H3,(H,13,20)(H,16,17)(H,18,19). The fourth-order valence-electron chi connectivity index (χ4n) is 2.35. The maximum atomic E-state index is 12.0. The number of hydrazine groups is 1. The molecule has 0 aliphatic carbocycles. The molecule has 8 nitrogen and oxygen atoms in total. The Labute approximate surface area is 117 Å². The summed E-state index contributed by atoms with van der Waals surface area (Å²) < 4.78 is 0. The van der Waals surface area contributed by atoms with Crippen molar-refractivity contribution in [2.24, 2.45) is 0 Å². The summed E-state index contributed by atoms with van der Waals surface area (Å²) in [6.45, 7) is 2.65. The van der Waals surface area contributed by atoms with Gasteiger partial charge in [-0.05, 0) is 26.7 Å². The first-order valence-electron chi connectivity index (χ1n) is 6.58. The van der Waals surface area contributed by atoms with Crippen LogP contribution in [0.1, 0.15) is 33.1 Å². The Balaban J connectivity index is 2.68. The molecule has 0 aromatic carbocycles. The van der Waals surface area contributed by atoms with Gasteiger partial charge in [0.2, 0.25) is 0 Å². The van der Waals surface area contributed by atoms with Gasteiger partial charge in [0.25, 0.3) is 0 Å². The zero-order valence-corrected chi connectivity index (χ0v) is 11.7. The van der Waals surface area contributed by atoms with Crippen molar-refractivity contribution in [2.75, 3.05) is 13.1 Å². The number of carboxylic acids is 2. The first kappa shape index (κ1) is 16.2. The molecule has 1 aliphatic heterocycles. The molecule has 2 amide bonds. The van der Waals surface area contributed by atoms with Crippen molar-refractivity contribution in [3.63, 3.8) is 0 Å². The molecular weight excluding hydrogens is 266 g/mol. The van der Waals surface area contributed by atoms with Crippen LogP contribution in [-0.4, -0.2) is 63.3 Å². The molecule has 2 atom stereocenters. The lowest BCUT2D eigenvalue weighted by molar-refractivity contribution is -0.140. The minimum Gasteiger partial charge on any atom is -0.480 e. The van der Waals surface area contributed by atoms with Gasteiger partial charge in [-0.2, -0.15) is 0 Å². The highest BCUT2D eigenvalue weighted by Gasteiger charge is 2.28. The number of urea groups is 1. The predicted molar refractivity (Wildman–Crippen MR) is 70.0 cm³/mol. The van der Waals surface area contributed by atoms with E-state index in [0.717, 1.165) is 24.2 Å². The lowest BCUT2D eigenvalue weighted by Gasteiger charge is -2.39. The number of rotatable bonds is 5. The van der Waals surface area contributed by atoms with Crippen molar-refractivity contribution < 1.29 is 24.6 Å². The second kappa shape index (κ2) is 7.09. The van der Waals surface area contributed by atoms with E-state index < -0.39 is 31.1 Å². The van der Waals surface area contributed by atoms with E-state index in [9.17, 15) is 14.4 Å². The monoisotopic (exact) mass is 287 g/mol. The third-order valence-corrected chi connectivity index (χ3v) is 3.36. The number of carboxylic acid groups (broad SMARTS) is 2. The number of hydrogen-bond donors (Lipinski definition) is 3. The minimum atomic E-state index is -1.25. The number of aliphatic carboxylic acids is 2. The molecule has 0 radical (unpaired) electrons. The maximum absolute atomic E-state index is 12.0. The zero-order valence-electron chi connectivity index (χ0n) is 11.7. The van der Waals surface area contributed by atoms with Crippen molar-refractivity contribution >= 4 is 18.0 Å². The van der Waals surface area contributed by atoms with Crippen LogP contribution >= 0.6 is 0 Å². The fourth-order valence-corrected chi connectivity index (χ4v) is 2.35. The van der Waals surface area contributed by atoms with E-state index in [1.54, 1.807) is 5.01 Å². The quantitative estimate of drug-likeness (QED) is 0.673. The zero-order chi connectivity index (χ0) is 15.3. The Bertz CT molecular complexity index is 361. The third-order valence-electron chi connectivity index (χ3n) is 3.36. The number of carbonyl (C=O) groups is 3. The summed E-state index contributed by atoms with van der Waals surface area (Å²) in [5.74, 6) is -2.50. The van der Waals surface area contributed by atoms with Crippen LogP contribution in [0.5, 0.6) is 0 Å². The van der Waals surface area contributed by atoms with Crippen LogP contribution in [0.3, 0.4) is 0 Å². The number of nitrogens with one attached hydrogen (secondary N) is 1. The molecular formula is C12H21N3O5. The minimum absolute atomic E-state index is 0.138. The molecule has 20 heavy (non-hydrogen) atoms. The number of amides is 2. The van der Waals surface area contributed by atoms with Crippen LogP contribution in [0.4, 0.5) is 4.79 Å². The highest BCUT2D eigenvalue weighted by molar-refractivity contribution is 5.83. The highest BCUT2D eigenvalue weighted by Crippen LogP contribution is 2.20. The lowest BCUT2D eigenvalue weighted by atomic mass is 10.00. The average Bonchev–Trinajstić information content (AvgIpc) is 2.31. The lowest BCUT2D eigenvalue weighted by Crippen LogP contribution is -2.58. The number of hydrogen-bond acceptors (Lipinski definition) is 4. The molecule has 3 N–H and O–H groups in total. The second-order valence-electron chi connectivity index (χ2n) is 5.10.